The zero-order valence-electron chi connectivity index (χ0n) is 11.8. The monoisotopic (exact) mass is 455 g/mol. The summed E-state index contributed by atoms with van der Waals surface area (Å²) < 4.78 is 16.2. The molecule has 122 valence electrons. The Balaban J connectivity index is 0.00000176. The molecule has 2 aliphatic rings. The molecule has 1 amide bonds. The van der Waals surface area contributed by atoms with E-state index in [4.69, 9.17) is 5.73 Å². The molecule has 22 heavy (non-hydrogen) atoms. The average molecular weight is 458 g/mol. The molecule has 3 rings (SSSR count). The van der Waals surface area contributed by atoms with Gasteiger partial charge >= 0.3 is 0 Å². The van der Waals surface area contributed by atoms with Gasteiger partial charge in [0, 0.05) is 31.2 Å². The maximum absolute atomic E-state index is 12.8. The first-order valence-electron chi connectivity index (χ1n) is 6.94. The van der Waals surface area contributed by atoms with Gasteiger partial charge in [-0.25, -0.2) is 4.39 Å². The molecule has 0 spiro atoms. The van der Waals surface area contributed by atoms with Gasteiger partial charge < -0.3 is 15.2 Å². The summed E-state index contributed by atoms with van der Waals surface area (Å²) in [4.78, 5) is 14.6. The Bertz CT molecular complexity index is 628. The number of rotatable bonds is 4. The molecule has 0 unspecified atom stereocenters. The van der Waals surface area contributed by atoms with Crippen LogP contribution in [0.5, 0.6) is 0 Å². The predicted octanol–water partition coefficient (Wildman–Crippen LogP) is 3.41. The summed E-state index contributed by atoms with van der Waals surface area (Å²) in [6, 6.07) is 0.407. The lowest BCUT2D eigenvalue weighted by Crippen LogP contribution is -2.38. The number of amides is 1. The van der Waals surface area contributed by atoms with E-state index in [0.29, 0.717) is 34.7 Å². The van der Waals surface area contributed by atoms with Crippen LogP contribution in [0.3, 0.4) is 0 Å². The summed E-state index contributed by atoms with van der Waals surface area (Å²) in [7, 11) is 0. The lowest BCUT2D eigenvalue weighted by atomic mass is 10.0. The average Bonchev–Trinajstić information content (AvgIpc) is 3.28. The van der Waals surface area contributed by atoms with Crippen molar-refractivity contribution in [3.63, 3.8) is 0 Å². The highest BCUT2D eigenvalue weighted by Gasteiger charge is 2.39. The Morgan fingerprint density at radius 2 is 2.05 bits per heavy atom. The molecule has 2 heterocycles. The summed E-state index contributed by atoms with van der Waals surface area (Å²) in [5.41, 5.74) is 7.71. The third-order valence-corrected chi connectivity index (χ3v) is 5.81. The molecule has 1 fully saturated rings. The predicted molar refractivity (Wildman–Crippen MR) is 93.1 cm³/mol. The number of nitrogens with two attached hydrogens (primary N) is 1. The first kappa shape index (κ1) is 18.0. The van der Waals surface area contributed by atoms with Crippen LogP contribution in [-0.2, 0) is 13.0 Å². The van der Waals surface area contributed by atoms with E-state index in [1.807, 2.05) is 9.47 Å². The van der Waals surface area contributed by atoms with Crippen molar-refractivity contribution in [1.29, 1.82) is 0 Å². The van der Waals surface area contributed by atoms with Gasteiger partial charge in [-0.3, -0.25) is 4.79 Å². The Morgan fingerprint density at radius 3 is 2.59 bits per heavy atom. The number of fused-ring (bicyclic) bond motifs is 1. The first-order valence-corrected chi connectivity index (χ1v) is 8.52. The highest BCUT2D eigenvalue weighted by Crippen LogP contribution is 2.39. The Hall–Kier alpha value is -0.370. The normalized spacial score (nSPS) is 18.3. The SMILES string of the molecule is Cl.NCC(=CF)Cn1c(Br)c2c(c1Br)C(=O)N(C1CC1)CC2. The van der Waals surface area contributed by atoms with Crippen molar-refractivity contribution in [3.8, 4) is 0 Å². The quantitative estimate of drug-likeness (QED) is 0.754. The standard InChI is InChI=1S/C14H16Br2FN3O.ClH/c15-12-10-3-4-19(9-1-2-9)14(21)11(10)13(16)20(12)7-8(5-17)6-18;/h5,9H,1-4,6-7,18H2;1H. The molecule has 2 N–H and O–H groups in total. The second-order valence-corrected chi connectivity index (χ2v) is 6.97. The summed E-state index contributed by atoms with van der Waals surface area (Å²) in [5.74, 6) is 0.0728. The van der Waals surface area contributed by atoms with Gasteiger partial charge in [0.05, 0.1) is 21.1 Å². The number of carbonyl (C=O) groups excluding carboxylic acids is 1. The molecule has 1 aliphatic heterocycles. The fourth-order valence-electron chi connectivity index (χ4n) is 2.75. The van der Waals surface area contributed by atoms with E-state index >= 15 is 0 Å². The smallest absolute Gasteiger partial charge is 0.257 e. The molecule has 0 radical (unpaired) electrons. The van der Waals surface area contributed by atoms with Gasteiger partial charge in [-0.2, -0.15) is 0 Å². The minimum absolute atomic E-state index is 0. The van der Waals surface area contributed by atoms with Gasteiger partial charge in [-0.1, -0.05) is 0 Å². The molecule has 1 aromatic rings. The summed E-state index contributed by atoms with van der Waals surface area (Å²) in [5, 5.41) is 0. The van der Waals surface area contributed by atoms with Gasteiger partial charge in [0.2, 0.25) is 0 Å². The van der Waals surface area contributed by atoms with Crippen LogP contribution < -0.4 is 5.73 Å². The number of aromatic nitrogens is 1. The Kier molecular flexibility index (Phi) is 5.74. The lowest BCUT2D eigenvalue weighted by Gasteiger charge is -2.27. The van der Waals surface area contributed by atoms with Crippen molar-refractivity contribution < 1.29 is 9.18 Å². The molecule has 0 atom stereocenters. The van der Waals surface area contributed by atoms with Crippen molar-refractivity contribution in [2.45, 2.75) is 31.8 Å². The van der Waals surface area contributed by atoms with Crippen LogP contribution in [-0.4, -0.2) is 34.5 Å². The van der Waals surface area contributed by atoms with Crippen LogP contribution in [0.15, 0.2) is 21.1 Å². The Morgan fingerprint density at radius 1 is 1.36 bits per heavy atom. The van der Waals surface area contributed by atoms with Gasteiger partial charge in [0.15, 0.2) is 0 Å². The summed E-state index contributed by atoms with van der Waals surface area (Å²) in [6.45, 7) is 1.24. The maximum atomic E-state index is 12.8. The highest BCUT2D eigenvalue weighted by molar-refractivity contribution is 9.11. The highest BCUT2D eigenvalue weighted by atomic mass is 79.9. The largest absolute Gasteiger partial charge is 0.335 e. The maximum Gasteiger partial charge on any atom is 0.257 e. The summed E-state index contributed by atoms with van der Waals surface area (Å²) in [6.07, 6.45) is 3.56. The minimum Gasteiger partial charge on any atom is -0.335 e. The van der Waals surface area contributed by atoms with Crippen LogP contribution in [0.4, 0.5) is 4.39 Å². The number of carbonyl (C=O) groups is 1. The van der Waals surface area contributed by atoms with Crippen molar-refractivity contribution in [3.05, 3.63) is 32.2 Å². The van der Waals surface area contributed by atoms with Gasteiger partial charge in [-0.15, -0.1) is 12.4 Å². The van der Waals surface area contributed by atoms with E-state index in [-0.39, 0.29) is 24.9 Å². The van der Waals surface area contributed by atoms with Gasteiger partial charge in [0.1, 0.15) is 0 Å². The number of halogens is 4. The molecule has 1 saturated carbocycles. The molecule has 8 heteroatoms. The van der Waals surface area contributed by atoms with Crippen molar-refractivity contribution in [2.75, 3.05) is 13.1 Å². The second kappa shape index (κ2) is 7.03. The third kappa shape index (κ3) is 3.00. The third-order valence-electron chi connectivity index (χ3n) is 4.07. The van der Waals surface area contributed by atoms with Crippen molar-refractivity contribution >= 4 is 50.2 Å². The molecular weight excluding hydrogens is 440 g/mol. The van der Waals surface area contributed by atoms with Crippen molar-refractivity contribution in [2.24, 2.45) is 5.73 Å². The van der Waals surface area contributed by atoms with E-state index in [1.165, 1.54) is 0 Å². The van der Waals surface area contributed by atoms with Crippen LogP contribution >= 0.6 is 44.3 Å². The van der Waals surface area contributed by atoms with Crippen LogP contribution in [0.1, 0.15) is 28.8 Å². The molecule has 1 aromatic heterocycles. The zero-order valence-corrected chi connectivity index (χ0v) is 15.8. The fourth-order valence-corrected chi connectivity index (χ4v) is 4.40. The van der Waals surface area contributed by atoms with E-state index in [9.17, 15) is 9.18 Å². The molecule has 4 nitrogen and oxygen atoms in total. The van der Waals surface area contributed by atoms with E-state index in [1.54, 1.807) is 0 Å². The number of nitrogens with zero attached hydrogens (tertiary/aromatic N) is 2. The molecular formula is C14H17Br2ClFN3O. The number of hydrogen-bond acceptors (Lipinski definition) is 2. The molecule has 0 saturated heterocycles. The van der Waals surface area contributed by atoms with E-state index < -0.39 is 0 Å². The topological polar surface area (TPSA) is 51.3 Å². The number of hydrogen-bond donors (Lipinski definition) is 1. The van der Waals surface area contributed by atoms with Crippen LogP contribution in [0.2, 0.25) is 0 Å². The molecule has 0 aromatic carbocycles. The van der Waals surface area contributed by atoms with E-state index in [0.717, 1.165) is 36.0 Å². The minimum atomic E-state index is 0. The van der Waals surface area contributed by atoms with Gasteiger partial charge in [0.25, 0.3) is 5.91 Å². The molecule has 1 aliphatic carbocycles. The fraction of sp³-hybridized carbons (Fsp3) is 0.500. The van der Waals surface area contributed by atoms with Crippen LogP contribution in [0.25, 0.3) is 0 Å². The van der Waals surface area contributed by atoms with Crippen molar-refractivity contribution in [1.82, 2.24) is 9.47 Å². The van der Waals surface area contributed by atoms with Gasteiger partial charge in [-0.05, 0) is 56.7 Å². The summed E-state index contributed by atoms with van der Waals surface area (Å²) >= 11 is 7.05. The Labute approximate surface area is 151 Å². The molecule has 0 bridgehead atoms. The first-order chi connectivity index (χ1) is 10.1. The lowest BCUT2D eigenvalue weighted by molar-refractivity contribution is 0.0726. The second-order valence-electron chi connectivity index (χ2n) is 5.47. The van der Waals surface area contributed by atoms with E-state index in [2.05, 4.69) is 31.9 Å². The van der Waals surface area contributed by atoms with Crippen LogP contribution in [0, 0.1) is 0 Å². The zero-order chi connectivity index (χ0) is 15.1.